The Morgan fingerprint density at radius 2 is 2.00 bits per heavy atom. The first kappa shape index (κ1) is 16.6. The zero-order valence-electron chi connectivity index (χ0n) is 12.2. The maximum absolute atomic E-state index is 11.1. The van der Waals surface area contributed by atoms with Crippen molar-refractivity contribution in [3.05, 3.63) is 47.4 Å². The molecule has 0 spiro atoms. The standard InChI is InChI=1S/C15H16ClN3O2S/c1-15(2,14(20)21)22-11-5-3-10(4-6-11)8-17-13-7-12(16)18-9-19-13/h3-7,9H,8H2,1-2H3,(H,20,21)(H,17,18,19). The van der Waals surface area contributed by atoms with Crippen LogP contribution in [0.5, 0.6) is 0 Å². The monoisotopic (exact) mass is 337 g/mol. The number of hydrogen-bond donors (Lipinski definition) is 2. The molecule has 0 saturated heterocycles. The second-order valence-electron chi connectivity index (χ2n) is 5.14. The summed E-state index contributed by atoms with van der Waals surface area (Å²) in [5.41, 5.74) is 1.06. The van der Waals surface area contributed by atoms with Crippen molar-refractivity contribution in [1.82, 2.24) is 9.97 Å². The predicted octanol–water partition coefficient (Wildman–Crippen LogP) is 3.70. The van der Waals surface area contributed by atoms with Gasteiger partial charge in [-0.2, -0.15) is 0 Å². The summed E-state index contributed by atoms with van der Waals surface area (Å²) in [6.07, 6.45) is 1.40. The van der Waals surface area contributed by atoms with Gasteiger partial charge < -0.3 is 10.4 Å². The lowest BCUT2D eigenvalue weighted by molar-refractivity contribution is -0.138. The molecule has 1 aromatic carbocycles. The average Bonchev–Trinajstić information content (AvgIpc) is 2.46. The number of carboxylic acid groups (broad SMARTS) is 1. The maximum Gasteiger partial charge on any atom is 0.319 e. The Morgan fingerprint density at radius 3 is 2.59 bits per heavy atom. The fourth-order valence-corrected chi connectivity index (χ4v) is 2.73. The van der Waals surface area contributed by atoms with Crippen molar-refractivity contribution in [2.75, 3.05) is 5.32 Å². The third-order valence-corrected chi connectivity index (χ3v) is 4.32. The highest BCUT2D eigenvalue weighted by Crippen LogP contribution is 2.32. The number of anilines is 1. The number of benzene rings is 1. The van der Waals surface area contributed by atoms with E-state index >= 15 is 0 Å². The van der Waals surface area contributed by atoms with Crippen molar-refractivity contribution in [3.8, 4) is 0 Å². The van der Waals surface area contributed by atoms with Gasteiger partial charge in [-0.15, -0.1) is 11.8 Å². The van der Waals surface area contributed by atoms with E-state index in [1.54, 1.807) is 19.9 Å². The molecule has 1 aromatic heterocycles. The molecular formula is C15H16ClN3O2S. The third-order valence-electron chi connectivity index (χ3n) is 2.92. The van der Waals surface area contributed by atoms with Crippen molar-refractivity contribution < 1.29 is 9.90 Å². The number of rotatable bonds is 6. The number of halogens is 1. The number of nitrogens with zero attached hydrogens (tertiary/aromatic N) is 2. The van der Waals surface area contributed by atoms with E-state index in [1.807, 2.05) is 24.3 Å². The summed E-state index contributed by atoms with van der Waals surface area (Å²) in [7, 11) is 0. The summed E-state index contributed by atoms with van der Waals surface area (Å²) < 4.78 is -0.850. The fourth-order valence-electron chi connectivity index (χ4n) is 1.64. The highest BCUT2D eigenvalue weighted by atomic mass is 35.5. The first-order valence-corrected chi connectivity index (χ1v) is 7.79. The topological polar surface area (TPSA) is 75.1 Å². The summed E-state index contributed by atoms with van der Waals surface area (Å²) in [5.74, 6) is -0.172. The minimum atomic E-state index is -0.850. The Labute approximate surface area is 138 Å². The molecule has 116 valence electrons. The summed E-state index contributed by atoms with van der Waals surface area (Å²) in [4.78, 5) is 19.9. The molecule has 0 fully saturated rings. The normalized spacial score (nSPS) is 11.2. The Kier molecular flexibility index (Phi) is 5.26. The number of thioether (sulfide) groups is 1. The van der Waals surface area contributed by atoms with E-state index in [1.165, 1.54) is 18.1 Å². The number of carbonyl (C=O) groups is 1. The quantitative estimate of drug-likeness (QED) is 0.618. The zero-order valence-corrected chi connectivity index (χ0v) is 13.8. The van der Waals surface area contributed by atoms with Gasteiger partial charge in [0.25, 0.3) is 0 Å². The summed E-state index contributed by atoms with van der Waals surface area (Å²) in [6, 6.07) is 9.39. The van der Waals surface area contributed by atoms with Crippen molar-refractivity contribution in [2.45, 2.75) is 30.0 Å². The van der Waals surface area contributed by atoms with Crippen molar-refractivity contribution in [2.24, 2.45) is 0 Å². The Morgan fingerprint density at radius 1 is 1.32 bits per heavy atom. The van der Waals surface area contributed by atoms with Crippen LogP contribution in [0.4, 0.5) is 5.82 Å². The lowest BCUT2D eigenvalue weighted by Gasteiger charge is -2.18. The van der Waals surface area contributed by atoms with Crippen LogP contribution >= 0.6 is 23.4 Å². The van der Waals surface area contributed by atoms with Crippen LogP contribution in [0.2, 0.25) is 5.15 Å². The summed E-state index contributed by atoms with van der Waals surface area (Å²) in [6.45, 7) is 3.98. The number of hydrogen-bond acceptors (Lipinski definition) is 5. The summed E-state index contributed by atoms with van der Waals surface area (Å²) in [5, 5.41) is 12.7. The molecule has 2 aromatic rings. The smallest absolute Gasteiger partial charge is 0.319 e. The summed E-state index contributed by atoms with van der Waals surface area (Å²) >= 11 is 7.11. The zero-order chi connectivity index (χ0) is 16.2. The molecule has 0 aliphatic carbocycles. The molecule has 2 N–H and O–H groups in total. The lowest BCUT2D eigenvalue weighted by atomic mass is 10.2. The van der Waals surface area contributed by atoms with Crippen LogP contribution in [0.25, 0.3) is 0 Å². The van der Waals surface area contributed by atoms with Crippen LogP contribution in [0.3, 0.4) is 0 Å². The van der Waals surface area contributed by atoms with Crippen molar-refractivity contribution in [1.29, 1.82) is 0 Å². The van der Waals surface area contributed by atoms with E-state index in [-0.39, 0.29) is 0 Å². The Balaban J connectivity index is 1.96. The molecule has 0 aliphatic heterocycles. The fraction of sp³-hybridized carbons (Fsp3) is 0.267. The molecule has 0 saturated carbocycles. The Hall–Kier alpha value is -1.79. The van der Waals surface area contributed by atoms with Crippen LogP contribution in [-0.2, 0) is 11.3 Å². The van der Waals surface area contributed by atoms with Gasteiger partial charge in [0.1, 0.15) is 22.0 Å². The van der Waals surface area contributed by atoms with Crippen LogP contribution < -0.4 is 5.32 Å². The molecule has 1 heterocycles. The first-order chi connectivity index (χ1) is 10.4. The second kappa shape index (κ2) is 6.98. The lowest BCUT2D eigenvalue weighted by Crippen LogP contribution is -2.26. The minimum absolute atomic E-state index is 0.389. The minimum Gasteiger partial charge on any atom is -0.480 e. The van der Waals surface area contributed by atoms with Crippen LogP contribution in [-0.4, -0.2) is 25.8 Å². The van der Waals surface area contributed by atoms with Gasteiger partial charge in [-0.3, -0.25) is 4.79 Å². The molecule has 5 nitrogen and oxygen atoms in total. The number of carboxylic acids is 1. The van der Waals surface area contributed by atoms with Crippen LogP contribution in [0.1, 0.15) is 19.4 Å². The van der Waals surface area contributed by atoms with Crippen molar-refractivity contribution in [3.63, 3.8) is 0 Å². The largest absolute Gasteiger partial charge is 0.480 e. The number of aliphatic carboxylic acids is 1. The molecule has 2 rings (SSSR count). The van der Waals surface area contributed by atoms with E-state index in [2.05, 4.69) is 15.3 Å². The molecule has 0 unspecified atom stereocenters. The first-order valence-electron chi connectivity index (χ1n) is 6.59. The van der Waals surface area contributed by atoms with E-state index in [0.29, 0.717) is 17.5 Å². The van der Waals surface area contributed by atoms with E-state index in [4.69, 9.17) is 16.7 Å². The molecular weight excluding hydrogens is 322 g/mol. The molecule has 7 heteroatoms. The van der Waals surface area contributed by atoms with E-state index in [9.17, 15) is 4.79 Å². The van der Waals surface area contributed by atoms with Gasteiger partial charge in [-0.25, -0.2) is 9.97 Å². The van der Waals surface area contributed by atoms with Gasteiger partial charge in [0, 0.05) is 17.5 Å². The van der Waals surface area contributed by atoms with Crippen LogP contribution in [0, 0.1) is 0 Å². The third kappa shape index (κ3) is 4.61. The van der Waals surface area contributed by atoms with E-state index in [0.717, 1.165) is 10.5 Å². The number of aromatic nitrogens is 2. The SMILES string of the molecule is CC(C)(Sc1ccc(CNc2cc(Cl)ncn2)cc1)C(=O)O. The van der Waals surface area contributed by atoms with Gasteiger partial charge >= 0.3 is 5.97 Å². The highest BCUT2D eigenvalue weighted by molar-refractivity contribution is 8.01. The molecule has 0 aliphatic rings. The second-order valence-corrected chi connectivity index (χ2v) is 7.22. The molecule has 0 bridgehead atoms. The molecule has 0 atom stereocenters. The van der Waals surface area contributed by atoms with Crippen molar-refractivity contribution >= 4 is 35.1 Å². The molecule has 22 heavy (non-hydrogen) atoms. The maximum atomic E-state index is 11.1. The molecule has 0 amide bonds. The highest BCUT2D eigenvalue weighted by Gasteiger charge is 2.28. The van der Waals surface area contributed by atoms with Gasteiger partial charge in [-0.1, -0.05) is 23.7 Å². The number of nitrogens with one attached hydrogen (secondary N) is 1. The van der Waals surface area contributed by atoms with Gasteiger partial charge in [-0.05, 0) is 31.5 Å². The Bertz CT molecular complexity index is 662. The predicted molar refractivity (Wildman–Crippen MR) is 88.4 cm³/mol. The van der Waals surface area contributed by atoms with Gasteiger partial charge in [0.15, 0.2) is 0 Å². The van der Waals surface area contributed by atoms with Crippen LogP contribution in [0.15, 0.2) is 41.6 Å². The average molecular weight is 338 g/mol. The van der Waals surface area contributed by atoms with Gasteiger partial charge in [0.05, 0.1) is 0 Å². The van der Waals surface area contributed by atoms with E-state index < -0.39 is 10.7 Å². The molecule has 0 radical (unpaired) electrons. The van der Waals surface area contributed by atoms with Gasteiger partial charge in [0.2, 0.25) is 0 Å².